The number of hydrogen-bond donors (Lipinski definition) is 1. The number of β-lactam (4-membered cyclic amide) rings is 1. The third kappa shape index (κ3) is 5.93. The monoisotopic (exact) mass is 590 g/mol. The van der Waals surface area contributed by atoms with Gasteiger partial charge in [0.05, 0.1) is 0 Å². The molecule has 2 aromatic carbocycles. The number of fused-ring (bicyclic) bond motifs is 1. The van der Waals surface area contributed by atoms with Crippen LogP contribution in [0.25, 0.3) is 0 Å². The molecule has 0 radical (unpaired) electrons. The number of hydrogen-bond acceptors (Lipinski definition) is 8. The molecule has 2 aliphatic heterocycles. The number of halogens is 1. The number of benzene rings is 2. The quantitative estimate of drug-likeness (QED) is 0.205. The lowest BCUT2D eigenvalue weighted by Crippen LogP contribution is -2.72. The number of nitrogens with zero attached hydrogens (tertiary/aromatic N) is 1. The van der Waals surface area contributed by atoms with Crippen LogP contribution in [-0.4, -0.2) is 62.5 Å². The number of carbonyl (C=O) groups excluding carboxylic acids is 4. The lowest BCUT2D eigenvalue weighted by Gasteiger charge is -2.49. The summed E-state index contributed by atoms with van der Waals surface area (Å²) in [5.41, 5.74) is 1.67. The standard InChI is InChI=1S/C26H27BrN2O7S/c1-25(2)20(21(31)34-14-17-9-5-3-6-10-17)29-22(32)26(27,23(29)37-25)16-36-19(30)13-28-24(33)35-15-18-11-7-4-8-12-18/h3-12,20,23H,13-16H2,1-2H3,(H,28,33)/t20-,23+,26+/m0/s1. The molecule has 1 N–H and O–H groups in total. The fourth-order valence-corrected chi connectivity index (χ4v) is 6.59. The third-order valence-electron chi connectivity index (χ3n) is 6.07. The van der Waals surface area contributed by atoms with E-state index in [2.05, 4.69) is 21.2 Å². The van der Waals surface area contributed by atoms with E-state index >= 15 is 0 Å². The Hall–Kier alpha value is -3.05. The van der Waals surface area contributed by atoms with E-state index in [1.807, 2.05) is 74.5 Å². The number of alkyl carbamates (subject to hydrolysis) is 1. The van der Waals surface area contributed by atoms with Crippen molar-refractivity contribution < 1.29 is 33.4 Å². The van der Waals surface area contributed by atoms with Gasteiger partial charge < -0.3 is 24.4 Å². The van der Waals surface area contributed by atoms with Crippen LogP contribution in [0.3, 0.4) is 0 Å². The van der Waals surface area contributed by atoms with Crippen molar-refractivity contribution in [1.29, 1.82) is 0 Å². The van der Waals surface area contributed by atoms with E-state index < -0.39 is 45.1 Å². The number of thioether (sulfide) groups is 1. The molecule has 2 aromatic rings. The minimum Gasteiger partial charge on any atom is -0.462 e. The summed E-state index contributed by atoms with van der Waals surface area (Å²) in [6.45, 7) is 3.28. The van der Waals surface area contributed by atoms with Gasteiger partial charge in [-0.3, -0.25) is 9.59 Å². The number of ether oxygens (including phenoxy) is 3. The van der Waals surface area contributed by atoms with Crippen LogP contribution >= 0.6 is 27.7 Å². The second-order valence-electron chi connectivity index (χ2n) is 9.22. The van der Waals surface area contributed by atoms with Crippen LogP contribution in [0.1, 0.15) is 25.0 Å². The number of rotatable bonds is 9. The Morgan fingerprint density at radius 1 is 0.946 bits per heavy atom. The van der Waals surface area contributed by atoms with Crippen LogP contribution in [0.4, 0.5) is 4.79 Å². The summed E-state index contributed by atoms with van der Waals surface area (Å²) in [5, 5.41) is 1.90. The first-order valence-electron chi connectivity index (χ1n) is 11.6. The summed E-state index contributed by atoms with van der Waals surface area (Å²) >= 11 is 4.89. The van der Waals surface area contributed by atoms with Gasteiger partial charge in [0.15, 0.2) is 4.32 Å². The first-order chi connectivity index (χ1) is 17.6. The second kappa shape index (κ2) is 11.1. The van der Waals surface area contributed by atoms with Crippen molar-refractivity contribution in [3.63, 3.8) is 0 Å². The zero-order valence-electron chi connectivity index (χ0n) is 20.3. The molecule has 0 unspecified atom stereocenters. The average molecular weight is 591 g/mol. The van der Waals surface area contributed by atoms with E-state index in [-0.39, 0.29) is 25.7 Å². The van der Waals surface area contributed by atoms with Gasteiger partial charge in [-0.15, -0.1) is 11.8 Å². The maximum absolute atomic E-state index is 13.1. The summed E-state index contributed by atoms with van der Waals surface area (Å²) in [6.07, 6.45) is -0.759. The van der Waals surface area contributed by atoms with Crippen LogP contribution in [0, 0.1) is 0 Å². The van der Waals surface area contributed by atoms with Crippen LogP contribution < -0.4 is 5.32 Å². The third-order valence-corrected chi connectivity index (χ3v) is 9.05. The molecule has 37 heavy (non-hydrogen) atoms. The number of amides is 2. The Bertz CT molecular complexity index is 1160. The fourth-order valence-electron chi connectivity index (χ4n) is 4.16. The molecule has 2 heterocycles. The Morgan fingerprint density at radius 2 is 1.51 bits per heavy atom. The molecule has 0 aliphatic carbocycles. The zero-order chi connectivity index (χ0) is 26.6. The van der Waals surface area contributed by atoms with Gasteiger partial charge in [0.1, 0.15) is 37.8 Å². The normalized spacial score (nSPS) is 23.4. The molecular weight excluding hydrogens is 564 g/mol. The lowest BCUT2D eigenvalue weighted by molar-refractivity contribution is -0.168. The predicted octanol–water partition coefficient (Wildman–Crippen LogP) is 3.40. The van der Waals surface area contributed by atoms with Crippen molar-refractivity contribution in [2.24, 2.45) is 0 Å². The highest BCUT2D eigenvalue weighted by Gasteiger charge is 2.71. The predicted molar refractivity (Wildman–Crippen MR) is 140 cm³/mol. The molecule has 0 spiro atoms. The average Bonchev–Trinajstić information content (AvgIpc) is 3.18. The van der Waals surface area contributed by atoms with E-state index in [1.54, 1.807) is 0 Å². The van der Waals surface area contributed by atoms with Crippen LogP contribution in [0.2, 0.25) is 0 Å². The number of esters is 2. The van der Waals surface area contributed by atoms with Gasteiger partial charge in [0, 0.05) is 4.75 Å². The largest absolute Gasteiger partial charge is 0.462 e. The minimum atomic E-state index is -1.17. The molecule has 2 saturated heterocycles. The maximum Gasteiger partial charge on any atom is 0.407 e. The summed E-state index contributed by atoms with van der Waals surface area (Å²) in [7, 11) is 0. The molecule has 2 aliphatic rings. The van der Waals surface area contributed by atoms with Gasteiger partial charge in [-0.05, 0) is 25.0 Å². The topological polar surface area (TPSA) is 111 Å². The molecular formula is C26H27BrN2O7S. The van der Waals surface area contributed by atoms with Crippen molar-refractivity contribution in [1.82, 2.24) is 10.2 Å². The number of nitrogens with one attached hydrogen (secondary N) is 1. The molecule has 2 fully saturated rings. The first kappa shape index (κ1) is 27.0. The van der Waals surface area contributed by atoms with Crippen molar-refractivity contribution >= 4 is 51.6 Å². The SMILES string of the molecule is CC1(C)S[C@H]2N(C(=O)[C@]2(Br)COC(=O)CNC(=O)OCc2ccccc2)[C@H]1C(=O)OCc1ccccc1. The van der Waals surface area contributed by atoms with Gasteiger partial charge >= 0.3 is 18.0 Å². The Balaban J connectivity index is 1.26. The van der Waals surface area contributed by atoms with Crippen molar-refractivity contribution in [2.45, 2.75) is 47.5 Å². The summed E-state index contributed by atoms with van der Waals surface area (Å²) in [4.78, 5) is 51.6. The van der Waals surface area contributed by atoms with Gasteiger partial charge in [-0.25, -0.2) is 9.59 Å². The van der Waals surface area contributed by atoms with Gasteiger partial charge in [0.2, 0.25) is 5.91 Å². The summed E-state index contributed by atoms with van der Waals surface area (Å²) in [5.74, 6) is -1.56. The summed E-state index contributed by atoms with van der Waals surface area (Å²) < 4.78 is 14.1. The van der Waals surface area contributed by atoms with Gasteiger partial charge in [0.25, 0.3) is 0 Å². The van der Waals surface area contributed by atoms with E-state index in [0.717, 1.165) is 11.1 Å². The molecule has 11 heteroatoms. The molecule has 4 rings (SSSR count). The number of alkyl halides is 1. The minimum absolute atomic E-state index is 0.0696. The van der Waals surface area contributed by atoms with Crippen LogP contribution in [-0.2, 0) is 41.8 Å². The van der Waals surface area contributed by atoms with Crippen molar-refractivity contribution in [3.8, 4) is 0 Å². The van der Waals surface area contributed by atoms with E-state index in [1.165, 1.54) is 16.7 Å². The maximum atomic E-state index is 13.1. The smallest absolute Gasteiger partial charge is 0.407 e. The Kier molecular flexibility index (Phi) is 8.13. The Morgan fingerprint density at radius 3 is 2.11 bits per heavy atom. The van der Waals surface area contributed by atoms with Crippen molar-refractivity contribution in [2.75, 3.05) is 13.2 Å². The lowest BCUT2D eigenvalue weighted by atomic mass is 9.92. The van der Waals surface area contributed by atoms with Crippen LogP contribution in [0.15, 0.2) is 60.7 Å². The molecule has 0 saturated carbocycles. The summed E-state index contributed by atoms with van der Waals surface area (Å²) in [6, 6.07) is 17.7. The molecule has 0 bridgehead atoms. The fraction of sp³-hybridized carbons (Fsp3) is 0.385. The van der Waals surface area contributed by atoms with E-state index in [9.17, 15) is 19.2 Å². The van der Waals surface area contributed by atoms with E-state index in [4.69, 9.17) is 14.2 Å². The second-order valence-corrected chi connectivity index (χ2v) is 12.4. The van der Waals surface area contributed by atoms with Crippen molar-refractivity contribution in [3.05, 3.63) is 71.8 Å². The number of carbonyl (C=O) groups is 4. The highest BCUT2D eigenvalue weighted by atomic mass is 79.9. The molecule has 3 atom stereocenters. The highest BCUT2D eigenvalue weighted by molar-refractivity contribution is 9.10. The molecule has 196 valence electrons. The van der Waals surface area contributed by atoms with Gasteiger partial charge in [-0.1, -0.05) is 76.6 Å². The Labute approximate surface area is 227 Å². The molecule has 9 nitrogen and oxygen atoms in total. The highest BCUT2D eigenvalue weighted by Crippen LogP contribution is 2.58. The van der Waals surface area contributed by atoms with E-state index in [0.29, 0.717) is 0 Å². The molecule has 2 amide bonds. The molecule has 0 aromatic heterocycles. The van der Waals surface area contributed by atoms with Gasteiger partial charge in [-0.2, -0.15) is 0 Å². The first-order valence-corrected chi connectivity index (χ1v) is 13.3. The van der Waals surface area contributed by atoms with Crippen LogP contribution in [0.5, 0.6) is 0 Å². The zero-order valence-corrected chi connectivity index (χ0v) is 22.8.